The maximum absolute atomic E-state index is 13.4. The van der Waals surface area contributed by atoms with Gasteiger partial charge in [-0.15, -0.1) is 5.10 Å². The van der Waals surface area contributed by atoms with Crippen molar-refractivity contribution in [3.63, 3.8) is 0 Å². The van der Waals surface area contributed by atoms with Crippen LogP contribution in [0, 0.1) is 25.5 Å². The molecule has 3 rings (SSSR count). The Kier molecular flexibility index (Phi) is 4.87. The number of aryl methyl sites for hydroxylation is 2. The summed E-state index contributed by atoms with van der Waals surface area (Å²) in [5, 5.41) is 16.4. The van der Waals surface area contributed by atoms with E-state index in [1.807, 2.05) is 26.0 Å². The number of hydrogen-bond acceptors (Lipinski definition) is 4. The molecule has 0 unspecified atom stereocenters. The minimum absolute atomic E-state index is 0.00265. The van der Waals surface area contributed by atoms with E-state index in [-0.39, 0.29) is 18.1 Å². The fourth-order valence-electron chi connectivity index (χ4n) is 2.29. The van der Waals surface area contributed by atoms with E-state index in [0.29, 0.717) is 5.69 Å². The van der Waals surface area contributed by atoms with Crippen LogP contribution in [-0.2, 0) is 6.54 Å². The summed E-state index contributed by atoms with van der Waals surface area (Å²) in [5.74, 6) is -1.70. The molecule has 3 aromatic rings. The van der Waals surface area contributed by atoms with Crippen LogP contribution in [0.15, 0.2) is 36.4 Å². The fourth-order valence-corrected chi connectivity index (χ4v) is 2.29. The summed E-state index contributed by atoms with van der Waals surface area (Å²) in [7, 11) is 0. The maximum atomic E-state index is 13.4. The monoisotopic (exact) mass is 358 g/mol. The van der Waals surface area contributed by atoms with Crippen LogP contribution < -0.4 is 10.6 Å². The molecule has 0 saturated heterocycles. The lowest BCUT2D eigenvalue weighted by Gasteiger charge is -2.09. The highest BCUT2D eigenvalue weighted by atomic mass is 19.2. The minimum Gasteiger partial charge on any atom is -0.330 e. The van der Waals surface area contributed by atoms with Crippen molar-refractivity contribution in [1.82, 2.24) is 25.5 Å². The molecule has 0 aliphatic carbocycles. The number of aromatic nitrogens is 4. The fraction of sp³-hybridized carbons (Fsp3) is 0.176. The van der Waals surface area contributed by atoms with Crippen molar-refractivity contribution < 1.29 is 13.6 Å². The Morgan fingerprint density at radius 3 is 2.62 bits per heavy atom. The third kappa shape index (κ3) is 3.82. The molecule has 0 atom stereocenters. The van der Waals surface area contributed by atoms with Crippen LogP contribution in [0.3, 0.4) is 0 Å². The normalized spacial score (nSPS) is 10.6. The zero-order valence-corrected chi connectivity index (χ0v) is 14.1. The summed E-state index contributed by atoms with van der Waals surface area (Å²) in [6.45, 7) is 3.94. The molecule has 0 spiro atoms. The zero-order chi connectivity index (χ0) is 18.7. The van der Waals surface area contributed by atoms with E-state index in [9.17, 15) is 13.6 Å². The van der Waals surface area contributed by atoms with Gasteiger partial charge in [-0.25, -0.2) is 13.6 Å². The molecular formula is C17H16F2N6O. The van der Waals surface area contributed by atoms with Gasteiger partial charge >= 0.3 is 6.03 Å². The van der Waals surface area contributed by atoms with Crippen molar-refractivity contribution in [3.05, 3.63) is 65.0 Å². The Morgan fingerprint density at radius 2 is 1.88 bits per heavy atom. The Balaban J connectivity index is 1.66. The van der Waals surface area contributed by atoms with Crippen molar-refractivity contribution >= 4 is 11.7 Å². The summed E-state index contributed by atoms with van der Waals surface area (Å²) < 4.78 is 27.7. The van der Waals surface area contributed by atoms with E-state index in [2.05, 4.69) is 26.2 Å². The zero-order valence-electron chi connectivity index (χ0n) is 14.1. The van der Waals surface area contributed by atoms with Crippen LogP contribution in [0.25, 0.3) is 5.69 Å². The molecule has 0 fully saturated rings. The van der Waals surface area contributed by atoms with Crippen molar-refractivity contribution in [2.45, 2.75) is 20.4 Å². The molecule has 2 N–H and O–H groups in total. The van der Waals surface area contributed by atoms with Crippen LogP contribution >= 0.6 is 0 Å². The largest absolute Gasteiger partial charge is 0.330 e. The number of benzene rings is 2. The van der Waals surface area contributed by atoms with Gasteiger partial charge in [-0.3, -0.25) is 0 Å². The lowest BCUT2D eigenvalue weighted by molar-refractivity contribution is 0.251. The summed E-state index contributed by atoms with van der Waals surface area (Å²) >= 11 is 0. The van der Waals surface area contributed by atoms with Gasteiger partial charge in [0.05, 0.1) is 12.2 Å². The first-order chi connectivity index (χ1) is 12.4. The van der Waals surface area contributed by atoms with Gasteiger partial charge in [-0.2, -0.15) is 4.68 Å². The summed E-state index contributed by atoms with van der Waals surface area (Å²) in [4.78, 5) is 12.0. The molecule has 1 aromatic heterocycles. The van der Waals surface area contributed by atoms with E-state index >= 15 is 0 Å². The van der Waals surface area contributed by atoms with Gasteiger partial charge in [-0.05, 0) is 59.7 Å². The first-order valence-corrected chi connectivity index (χ1v) is 7.79. The number of anilines is 1. The number of carbonyl (C=O) groups is 1. The molecule has 2 aromatic carbocycles. The number of amides is 2. The first kappa shape index (κ1) is 17.5. The van der Waals surface area contributed by atoms with E-state index < -0.39 is 17.7 Å². The summed E-state index contributed by atoms with van der Waals surface area (Å²) in [6, 6.07) is 8.43. The number of hydrogen-bond donors (Lipinski definition) is 2. The van der Waals surface area contributed by atoms with Gasteiger partial charge in [0.1, 0.15) is 0 Å². The average molecular weight is 358 g/mol. The highest BCUT2D eigenvalue weighted by Gasteiger charge is 2.12. The topological polar surface area (TPSA) is 84.7 Å². The smallest absolute Gasteiger partial charge is 0.319 e. The number of rotatable bonds is 4. The second-order valence-electron chi connectivity index (χ2n) is 5.71. The quantitative estimate of drug-likeness (QED) is 0.751. The molecule has 0 saturated carbocycles. The Labute approximate surface area is 148 Å². The number of urea groups is 1. The van der Waals surface area contributed by atoms with Gasteiger partial charge < -0.3 is 10.6 Å². The van der Waals surface area contributed by atoms with Gasteiger partial charge in [0, 0.05) is 11.8 Å². The Morgan fingerprint density at radius 1 is 1.08 bits per heavy atom. The van der Waals surface area contributed by atoms with Crippen LogP contribution in [-0.4, -0.2) is 26.2 Å². The van der Waals surface area contributed by atoms with Crippen molar-refractivity contribution in [2.24, 2.45) is 0 Å². The Bertz CT molecular complexity index is 956. The lowest BCUT2D eigenvalue weighted by Crippen LogP contribution is -2.29. The second kappa shape index (κ2) is 7.26. The SMILES string of the molecule is Cc1ccc(NC(=O)NCc2nnnn2-c2ccc(F)c(F)c2)cc1C. The van der Waals surface area contributed by atoms with Crippen LogP contribution in [0.1, 0.15) is 17.0 Å². The van der Waals surface area contributed by atoms with Gasteiger partial charge in [0.2, 0.25) is 0 Å². The van der Waals surface area contributed by atoms with E-state index in [0.717, 1.165) is 23.3 Å². The molecule has 134 valence electrons. The molecule has 0 radical (unpaired) electrons. The highest BCUT2D eigenvalue weighted by molar-refractivity contribution is 5.89. The van der Waals surface area contributed by atoms with Crippen LogP contribution in [0.2, 0.25) is 0 Å². The predicted octanol–water partition coefficient (Wildman–Crippen LogP) is 2.88. The van der Waals surface area contributed by atoms with Crippen molar-refractivity contribution in [1.29, 1.82) is 0 Å². The van der Waals surface area contributed by atoms with Gasteiger partial charge in [-0.1, -0.05) is 6.07 Å². The molecular weight excluding hydrogens is 342 g/mol. The third-order valence-corrected chi connectivity index (χ3v) is 3.85. The maximum Gasteiger partial charge on any atom is 0.319 e. The standard InChI is InChI=1S/C17H16F2N6O/c1-10-3-4-12(7-11(10)2)21-17(26)20-9-16-22-23-24-25(16)13-5-6-14(18)15(19)8-13/h3-8H,9H2,1-2H3,(H2,20,21,26). The van der Waals surface area contributed by atoms with E-state index in [1.165, 1.54) is 10.7 Å². The summed E-state index contributed by atoms with van der Waals surface area (Å²) in [5.41, 5.74) is 3.10. The molecule has 7 nitrogen and oxygen atoms in total. The van der Waals surface area contributed by atoms with Gasteiger partial charge in [0.15, 0.2) is 17.5 Å². The Hall–Kier alpha value is -3.36. The third-order valence-electron chi connectivity index (χ3n) is 3.85. The molecule has 0 aliphatic heterocycles. The minimum atomic E-state index is -1.01. The van der Waals surface area contributed by atoms with Crippen molar-refractivity contribution in [3.8, 4) is 5.69 Å². The molecule has 0 aliphatic rings. The van der Waals surface area contributed by atoms with E-state index in [4.69, 9.17) is 0 Å². The van der Waals surface area contributed by atoms with Crippen LogP contribution in [0.5, 0.6) is 0 Å². The average Bonchev–Trinajstić information content (AvgIpc) is 3.07. The first-order valence-electron chi connectivity index (χ1n) is 7.79. The number of carbonyl (C=O) groups excluding carboxylic acids is 1. The number of nitrogens with zero attached hydrogens (tertiary/aromatic N) is 4. The molecule has 26 heavy (non-hydrogen) atoms. The predicted molar refractivity (Wildman–Crippen MR) is 90.8 cm³/mol. The van der Waals surface area contributed by atoms with E-state index in [1.54, 1.807) is 6.07 Å². The van der Waals surface area contributed by atoms with Crippen molar-refractivity contribution in [2.75, 3.05) is 5.32 Å². The highest BCUT2D eigenvalue weighted by Crippen LogP contribution is 2.15. The number of halogens is 2. The number of nitrogens with one attached hydrogen (secondary N) is 2. The molecule has 2 amide bonds. The second-order valence-corrected chi connectivity index (χ2v) is 5.71. The molecule has 0 bridgehead atoms. The lowest BCUT2D eigenvalue weighted by atomic mass is 10.1. The molecule has 1 heterocycles. The van der Waals surface area contributed by atoms with Gasteiger partial charge in [0.25, 0.3) is 0 Å². The molecule has 9 heteroatoms. The number of tetrazole rings is 1. The summed E-state index contributed by atoms with van der Waals surface area (Å²) in [6.07, 6.45) is 0. The van der Waals surface area contributed by atoms with Crippen LogP contribution in [0.4, 0.5) is 19.3 Å².